The van der Waals surface area contributed by atoms with E-state index in [1.807, 2.05) is 121 Å². The molecule has 0 saturated heterocycles. The Balaban J connectivity index is 1.73. The summed E-state index contributed by atoms with van der Waals surface area (Å²) in [6.07, 6.45) is -2.66. The lowest BCUT2D eigenvalue weighted by Crippen LogP contribution is -2.52. The van der Waals surface area contributed by atoms with Crippen LogP contribution in [0.2, 0.25) is 0 Å². The quantitative estimate of drug-likeness (QED) is 0.106. The van der Waals surface area contributed by atoms with Crippen LogP contribution in [0.3, 0.4) is 0 Å². The van der Waals surface area contributed by atoms with Gasteiger partial charge in [0.15, 0.2) is 0 Å². The van der Waals surface area contributed by atoms with Crippen LogP contribution in [0.15, 0.2) is 121 Å². The Bertz CT molecular complexity index is 1690. The summed E-state index contributed by atoms with van der Waals surface area (Å²) < 4.78 is 86.0. The zero-order valence-corrected chi connectivity index (χ0v) is 28.6. The Labute approximate surface area is 283 Å². The highest BCUT2D eigenvalue weighted by Gasteiger charge is 2.41. The van der Waals surface area contributed by atoms with Crippen molar-refractivity contribution in [3.8, 4) is 0 Å². The standard InChI is InChI=1S/C36H42O10S2/c1-47(37,38)45-28-33(42-24-30-17-9-4-10-18-30)35(43-25-31-19-11-5-12-20-31)36(44-26-32-21-13-6-14-22-32)34(46-48(2,39)40)27-41-23-29-15-7-3-8-16-29/h3-22,33-36H,23-28H2,1-2H3/t33-,34?,35+,36-/m1/s1. The molecule has 0 heterocycles. The van der Waals surface area contributed by atoms with Gasteiger partial charge in [0.05, 0.1) is 52.2 Å². The Kier molecular flexibility index (Phi) is 14.7. The molecular formula is C36H42O10S2. The van der Waals surface area contributed by atoms with Crippen molar-refractivity contribution in [2.45, 2.75) is 50.8 Å². The zero-order chi connectivity index (χ0) is 34.2. The summed E-state index contributed by atoms with van der Waals surface area (Å²) in [4.78, 5) is 0. The van der Waals surface area contributed by atoms with E-state index in [-0.39, 0.29) is 33.0 Å². The zero-order valence-electron chi connectivity index (χ0n) is 27.0. The van der Waals surface area contributed by atoms with E-state index in [2.05, 4.69) is 0 Å². The van der Waals surface area contributed by atoms with Gasteiger partial charge in [-0.25, -0.2) is 0 Å². The minimum absolute atomic E-state index is 0.0529. The third-order valence-corrected chi connectivity index (χ3v) is 8.23. The van der Waals surface area contributed by atoms with Crippen LogP contribution in [0.1, 0.15) is 22.3 Å². The molecular weight excluding hydrogens is 657 g/mol. The first kappa shape index (κ1) is 37.4. The molecule has 4 aromatic rings. The van der Waals surface area contributed by atoms with E-state index < -0.39 is 51.3 Å². The van der Waals surface area contributed by atoms with Crippen LogP contribution < -0.4 is 0 Å². The molecule has 10 nitrogen and oxygen atoms in total. The number of hydrogen-bond acceptors (Lipinski definition) is 10. The van der Waals surface area contributed by atoms with E-state index in [9.17, 15) is 16.8 Å². The molecule has 4 atom stereocenters. The van der Waals surface area contributed by atoms with Crippen LogP contribution in [-0.2, 0) is 74.0 Å². The van der Waals surface area contributed by atoms with Crippen LogP contribution >= 0.6 is 0 Å². The van der Waals surface area contributed by atoms with Gasteiger partial charge >= 0.3 is 0 Å². The van der Waals surface area contributed by atoms with Gasteiger partial charge in [-0.3, -0.25) is 8.37 Å². The topological polar surface area (TPSA) is 124 Å². The van der Waals surface area contributed by atoms with E-state index in [1.54, 1.807) is 0 Å². The highest BCUT2D eigenvalue weighted by molar-refractivity contribution is 7.86. The second-order valence-corrected chi connectivity index (χ2v) is 14.4. The molecule has 0 amide bonds. The summed E-state index contributed by atoms with van der Waals surface area (Å²) in [5.74, 6) is 0. The number of hydrogen-bond donors (Lipinski definition) is 0. The molecule has 0 aromatic heterocycles. The van der Waals surface area contributed by atoms with Gasteiger partial charge in [-0.15, -0.1) is 0 Å². The summed E-state index contributed by atoms with van der Waals surface area (Å²) in [6, 6.07) is 37.4. The molecule has 0 aliphatic rings. The molecule has 12 heteroatoms. The third kappa shape index (κ3) is 14.0. The molecule has 0 N–H and O–H groups in total. The second-order valence-electron chi connectivity index (χ2n) is 11.2. The highest BCUT2D eigenvalue weighted by Crippen LogP contribution is 2.24. The van der Waals surface area contributed by atoms with Gasteiger partial charge in [0.2, 0.25) is 0 Å². The molecule has 0 aliphatic carbocycles. The van der Waals surface area contributed by atoms with Crippen LogP contribution in [0.5, 0.6) is 0 Å². The SMILES string of the molecule is CS(=O)(=O)OC[C@@H](OCc1ccccc1)[C@H](OCc1ccccc1)[C@H](OCc1ccccc1)C(COCc1ccccc1)OS(C)(=O)=O. The van der Waals surface area contributed by atoms with Gasteiger partial charge in [0.1, 0.15) is 24.4 Å². The van der Waals surface area contributed by atoms with Gasteiger partial charge in [-0.2, -0.15) is 16.8 Å². The first-order valence-electron chi connectivity index (χ1n) is 15.4. The molecule has 0 spiro atoms. The lowest BCUT2D eigenvalue weighted by Gasteiger charge is -2.37. The van der Waals surface area contributed by atoms with Gasteiger partial charge in [0.25, 0.3) is 20.2 Å². The van der Waals surface area contributed by atoms with E-state index in [1.165, 1.54) is 0 Å². The van der Waals surface area contributed by atoms with Gasteiger partial charge in [-0.05, 0) is 22.3 Å². The lowest BCUT2D eigenvalue weighted by atomic mass is 10.0. The minimum Gasteiger partial charge on any atom is -0.374 e. The van der Waals surface area contributed by atoms with Crippen molar-refractivity contribution in [1.29, 1.82) is 0 Å². The summed E-state index contributed by atoms with van der Waals surface area (Å²) in [6.45, 7) is -0.264. The molecule has 0 saturated carbocycles. The lowest BCUT2D eigenvalue weighted by molar-refractivity contribution is -0.187. The number of ether oxygens (including phenoxy) is 4. The van der Waals surface area contributed by atoms with Crippen LogP contribution in [-0.4, -0.2) is 67.0 Å². The van der Waals surface area contributed by atoms with Crippen molar-refractivity contribution in [3.05, 3.63) is 144 Å². The molecule has 4 rings (SSSR count). The van der Waals surface area contributed by atoms with Gasteiger partial charge in [-0.1, -0.05) is 121 Å². The maximum atomic E-state index is 12.7. The van der Waals surface area contributed by atoms with Crippen molar-refractivity contribution in [3.63, 3.8) is 0 Å². The molecule has 4 aromatic carbocycles. The number of benzene rings is 4. The average Bonchev–Trinajstić information content (AvgIpc) is 3.07. The second kappa shape index (κ2) is 18.9. The van der Waals surface area contributed by atoms with Crippen molar-refractivity contribution >= 4 is 20.2 Å². The minimum atomic E-state index is -4.05. The molecule has 0 radical (unpaired) electrons. The Morgan fingerprint density at radius 1 is 0.458 bits per heavy atom. The molecule has 48 heavy (non-hydrogen) atoms. The smallest absolute Gasteiger partial charge is 0.264 e. The van der Waals surface area contributed by atoms with Crippen LogP contribution in [0.25, 0.3) is 0 Å². The predicted molar refractivity (Wildman–Crippen MR) is 182 cm³/mol. The fraction of sp³-hybridized carbons (Fsp3) is 0.333. The van der Waals surface area contributed by atoms with Crippen molar-refractivity contribution < 1.29 is 44.1 Å². The predicted octanol–water partition coefficient (Wildman–Crippen LogP) is 5.28. The van der Waals surface area contributed by atoms with Crippen molar-refractivity contribution in [2.75, 3.05) is 25.7 Å². The summed E-state index contributed by atoms with van der Waals surface area (Å²) in [7, 11) is -7.95. The van der Waals surface area contributed by atoms with Crippen LogP contribution in [0.4, 0.5) is 0 Å². The molecule has 0 fully saturated rings. The number of rotatable bonds is 21. The van der Waals surface area contributed by atoms with Crippen molar-refractivity contribution in [2.24, 2.45) is 0 Å². The van der Waals surface area contributed by atoms with E-state index in [4.69, 9.17) is 27.3 Å². The maximum Gasteiger partial charge on any atom is 0.264 e. The fourth-order valence-electron chi connectivity index (χ4n) is 4.84. The Hall–Kier alpha value is -3.46. The summed E-state index contributed by atoms with van der Waals surface area (Å²) in [5.41, 5.74) is 3.32. The maximum absolute atomic E-state index is 12.7. The largest absolute Gasteiger partial charge is 0.374 e. The van der Waals surface area contributed by atoms with Gasteiger partial charge < -0.3 is 18.9 Å². The Morgan fingerprint density at radius 3 is 1.23 bits per heavy atom. The molecule has 0 aliphatic heterocycles. The van der Waals surface area contributed by atoms with Gasteiger partial charge in [0, 0.05) is 0 Å². The summed E-state index contributed by atoms with van der Waals surface area (Å²) in [5, 5.41) is 0. The first-order valence-corrected chi connectivity index (χ1v) is 19.0. The molecule has 258 valence electrons. The molecule has 1 unspecified atom stereocenters. The Morgan fingerprint density at radius 2 is 0.833 bits per heavy atom. The first-order chi connectivity index (χ1) is 23.1. The van der Waals surface area contributed by atoms with Crippen LogP contribution in [0, 0.1) is 0 Å². The summed E-state index contributed by atoms with van der Waals surface area (Å²) >= 11 is 0. The highest BCUT2D eigenvalue weighted by atomic mass is 32.2. The monoisotopic (exact) mass is 698 g/mol. The van der Waals surface area contributed by atoms with E-state index >= 15 is 0 Å². The van der Waals surface area contributed by atoms with Crippen molar-refractivity contribution in [1.82, 2.24) is 0 Å². The molecule has 0 bridgehead atoms. The fourth-order valence-corrected chi connectivity index (χ4v) is 5.83. The third-order valence-electron chi connectivity index (χ3n) is 7.07. The average molecular weight is 699 g/mol. The normalized spacial score (nSPS) is 14.6. The van der Waals surface area contributed by atoms with E-state index in [0.29, 0.717) is 0 Å². The van der Waals surface area contributed by atoms with E-state index in [0.717, 1.165) is 34.8 Å².